The fourth-order valence-corrected chi connectivity index (χ4v) is 6.11. The summed E-state index contributed by atoms with van der Waals surface area (Å²) in [6.45, 7) is 1.76. The Morgan fingerprint density at radius 2 is 1.92 bits per heavy atom. The smallest absolute Gasteiger partial charge is 0.215 e. The van der Waals surface area contributed by atoms with Crippen molar-refractivity contribution in [3.05, 3.63) is 23.0 Å². The van der Waals surface area contributed by atoms with E-state index in [0.717, 1.165) is 36.5 Å². The fourth-order valence-electron chi connectivity index (χ4n) is 3.44. The van der Waals surface area contributed by atoms with Crippen LogP contribution in [0.25, 0.3) is 10.8 Å². The van der Waals surface area contributed by atoms with Gasteiger partial charge in [0.05, 0.1) is 11.4 Å². The molecule has 0 amide bonds. The Morgan fingerprint density at radius 3 is 2.71 bits per heavy atom. The second kappa shape index (κ2) is 6.57. The van der Waals surface area contributed by atoms with Crippen LogP contribution in [0.4, 0.5) is 0 Å². The molecule has 2 aliphatic rings. The van der Waals surface area contributed by atoms with Gasteiger partial charge in [0, 0.05) is 36.9 Å². The van der Waals surface area contributed by atoms with Crippen LogP contribution in [0, 0.1) is 0 Å². The topological polar surface area (TPSA) is 68.1 Å². The lowest BCUT2D eigenvalue weighted by Gasteiger charge is -2.15. The molecule has 0 radical (unpaired) electrons. The van der Waals surface area contributed by atoms with Crippen LogP contribution >= 0.6 is 11.3 Å². The van der Waals surface area contributed by atoms with Crippen LogP contribution in [0.2, 0.25) is 0 Å². The minimum Gasteiger partial charge on any atom is -0.328 e. The summed E-state index contributed by atoms with van der Waals surface area (Å²) in [6.07, 6.45) is 10.1. The van der Waals surface area contributed by atoms with Gasteiger partial charge in [-0.15, -0.1) is 11.3 Å². The minimum absolute atomic E-state index is 0.126. The zero-order valence-electron chi connectivity index (χ0n) is 13.6. The summed E-state index contributed by atoms with van der Waals surface area (Å²) in [5.41, 5.74) is 1.21. The van der Waals surface area contributed by atoms with E-state index in [1.807, 2.05) is 10.8 Å². The molecule has 8 heteroatoms. The molecule has 130 valence electrons. The van der Waals surface area contributed by atoms with Gasteiger partial charge < -0.3 is 4.57 Å². The molecule has 2 aromatic heterocycles. The van der Waals surface area contributed by atoms with E-state index < -0.39 is 10.0 Å². The summed E-state index contributed by atoms with van der Waals surface area (Å²) in [7, 11) is -3.17. The van der Waals surface area contributed by atoms with Gasteiger partial charge in [-0.3, -0.25) is 0 Å². The quantitative estimate of drug-likeness (QED) is 0.814. The third kappa shape index (κ3) is 3.14. The lowest BCUT2D eigenvalue weighted by molar-refractivity contribution is 0.474. The summed E-state index contributed by atoms with van der Waals surface area (Å²) in [6, 6.07) is 0. The van der Waals surface area contributed by atoms with Gasteiger partial charge in [0.25, 0.3) is 0 Å². The number of rotatable bonds is 5. The summed E-state index contributed by atoms with van der Waals surface area (Å²) in [5.74, 6) is 0.924. The highest BCUT2D eigenvalue weighted by Gasteiger charge is 2.25. The molecule has 0 unspecified atom stereocenters. The number of hydrogen-bond acceptors (Lipinski definition) is 5. The van der Waals surface area contributed by atoms with Crippen LogP contribution in [0.1, 0.15) is 36.3 Å². The third-order valence-electron chi connectivity index (χ3n) is 4.80. The van der Waals surface area contributed by atoms with Gasteiger partial charge in [0.15, 0.2) is 10.8 Å². The Kier molecular flexibility index (Phi) is 4.44. The van der Waals surface area contributed by atoms with Crippen molar-refractivity contribution in [2.75, 3.05) is 18.8 Å². The zero-order chi connectivity index (χ0) is 16.6. The maximum atomic E-state index is 12.4. The van der Waals surface area contributed by atoms with Gasteiger partial charge in [0.1, 0.15) is 0 Å². The molecule has 0 aromatic carbocycles. The molecule has 4 rings (SSSR count). The third-order valence-corrected chi connectivity index (χ3v) is 7.80. The average Bonchev–Trinajstić information content (AvgIpc) is 3.31. The number of nitrogens with zero attached hydrogens (tertiary/aromatic N) is 4. The molecular weight excluding hydrogens is 344 g/mol. The number of aryl methyl sites for hydroxylation is 3. The van der Waals surface area contributed by atoms with Gasteiger partial charge in [-0.25, -0.2) is 22.7 Å². The first-order valence-electron chi connectivity index (χ1n) is 8.61. The van der Waals surface area contributed by atoms with Crippen LogP contribution < -0.4 is 0 Å². The molecule has 1 aliphatic heterocycles. The van der Waals surface area contributed by atoms with E-state index in [9.17, 15) is 8.42 Å². The van der Waals surface area contributed by atoms with Crippen molar-refractivity contribution in [2.45, 2.75) is 45.1 Å². The van der Waals surface area contributed by atoms with Gasteiger partial charge >= 0.3 is 0 Å². The van der Waals surface area contributed by atoms with Crippen molar-refractivity contribution < 1.29 is 8.42 Å². The molecular formula is C16H22N4O2S2. The molecule has 2 aromatic rings. The molecule has 24 heavy (non-hydrogen) atoms. The SMILES string of the molecule is O=S(=O)(CCn1ccnc1-c1nc2c(s1)CCCC2)N1CCCC1. The molecule has 0 spiro atoms. The second-order valence-electron chi connectivity index (χ2n) is 6.46. The largest absolute Gasteiger partial charge is 0.328 e. The van der Waals surface area contributed by atoms with Crippen LogP contribution in [-0.2, 0) is 29.4 Å². The zero-order valence-corrected chi connectivity index (χ0v) is 15.3. The minimum atomic E-state index is -3.17. The van der Waals surface area contributed by atoms with Crippen LogP contribution in [0.3, 0.4) is 0 Å². The normalized spacial score (nSPS) is 18.8. The average molecular weight is 367 g/mol. The van der Waals surface area contributed by atoms with Crippen LogP contribution in [0.5, 0.6) is 0 Å². The number of sulfonamides is 1. The second-order valence-corrected chi connectivity index (χ2v) is 9.63. The molecule has 1 fully saturated rings. The summed E-state index contributed by atoms with van der Waals surface area (Å²) >= 11 is 1.71. The Morgan fingerprint density at radius 1 is 1.12 bits per heavy atom. The monoisotopic (exact) mass is 366 g/mol. The van der Waals surface area contributed by atoms with E-state index in [4.69, 9.17) is 4.98 Å². The molecule has 0 atom stereocenters. The van der Waals surface area contributed by atoms with Gasteiger partial charge in [0.2, 0.25) is 10.0 Å². The van der Waals surface area contributed by atoms with E-state index in [1.165, 1.54) is 23.4 Å². The lowest BCUT2D eigenvalue weighted by Crippen LogP contribution is -2.31. The van der Waals surface area contributed by atoms with E-state index in [-0.39, 0.29) is 5.75 Å². The Hall–Kier alpha value is -1.25. The predicted octanol–water partition coefficient (Wildman–Crippen LogP) is 2.31. The van der Waals surface area contributed by atoms with E-state index in [1.54, 1.807) is 21.8 Å². The molecule has 3 heterocycles. The summed E-state index contributed by atoms with van der Waals surface area (Å²) in [5, 5.41) is 0.922. The maximum absolute atomic E-state index is 12.4. The highest BCUT2D eigenvalue weighted by Crippen LogP contribution is 2.32. The molecule has 6 nitrogen and oxygen atoms in total. The van der Waals surface area contributed by atoms with Crippen LogP contribution in [-0.4, -0.2) is 46.1 Å². The highest BCUT2D eigenvalue weighted by molar-refractivity contribution is 7.89. The van der Waals surface area contributed by atoms with Crippen molar-refractivity contribution in [1.29, 1.82) is 0 Å². The van der Waals surface area contributed by atoms with E-state index in [0.29, 0.717) is 19.6 Å². The van der Waals surface area contributed by atoms with E-state index in [2.05, 4.69) is 4.98 Å². The molecule has 0 N–H and O–H groups in total. The van der Waals surface area contributed by atoms with Crippen molar-refractivity contribution in [3.8, 4) is 10.8 Å². The molecule has 0 saturated carbocycles. The fraction of sp³-hybridized carbons (Fsp3) is 0.625. The van der Waals surface area contributed by atoms with E-state index >= 15 is 0 Å². The summed E-state index contributed by atoms with van der Waals surface area (Å²) in [4.78, 5) is 10.6. The first-order chi connectivity index (χ1) is 11.6. The maximum Gasteiger partial charge on any atom is 0.215 e. The number of imidazole rings is 1. The van der Waals surface area contributed by atoms with Crippen LogP contribution in [0.15, 0.2) is 12.4 Å². The molecule has 1 saturated heterocycles. The van der Waals surface area contributed by atoms with Crippen molar-refractivity contribution in [3.63, 3.8) is 0 Å². The van der Waals surface area contributed by atoms with Crippen molar-refractivity contribution in [1.82, 2.24) is 18.8 Å². The Bertz CT molecular complexity index is 796. The Balaban J connectivity index is 1.51. The Labute approximate surface area is 146 Å². The van der Waals surface area contributed by atoms with Crippen molar-refractivity contribution >= 4 is 21.4 Å². The van der Waals surface area contributed by atoms with Crippen molar-refractivity contribution in [2.24, 2.45) is 0 Å². The van der Waals surface area contributed by atoms with Gasteiger partial charge in [-0.2, -0.15) is 0 Å². The van der Waals surface area contributed by atoms with Gasteiger partial charge in [-0.1, -0.05) is 0 Å². The molecule has 1 aliphatic carbocycles. The number of aromatic nitrogens is 3. The summed E-state index contributed by atoms with van der Waals surface area (Å²) < 4.78 is 28.4. The number of hydrogen-bond donors (Lipinski definition) is 0. The number of fused-ring (bicyclic) bond motifs is 1. The first kappa shape index (κ1) is 16.2. The highest BCUT2D eigenvalue weighted by atomic mass is 32.2. The van der Waals surface area contributed by atoms with Gasteiger partial charge in [-0.05, 0) is 38.5 Å². The lowest BCUT2D eigenvalue weighted by atomic mass is 10.0. The standard InChI is InChI=1S/C16H22N4O2S2/c21-24(22,20-8-3-4-9-20)12-11-19-10-7-17-15(19)16-18-13-5-1-2-6-14(13)23-16/h7,10H,1-6,8-9,11-12H2. The number of thiazole rings is 1. The predicted molar refractivity (Wildman–Crippen MR) is 94.6 cm³/mol. The molecule has 0 bridgehead atoms. The first-order valence-corrected chi connectivity index (χ1v) is 11.0.